The minimum Gasteiger partial charge on any atom is -0.453 e. The Labute approximate surface area is 213 Å². The Morgan fingerprint density at radius 1 is 1.25 bits per heavy atom. The Hall–Kier alpha value is -3.45. The maximum atomic E-state index is 15.5. The van der Waals surface area contributed by atoms with Crippen LogP contribution in [0.5, 0.6) is 0 Å². The van der Waals surface area contributed by atoms with Crippen LogP contribution in [0.4, 0.5) is 20.8 Å². The highest BCUT2D eigenvalue weighted by molar-refractivity contribution is 7.92. The van der Waals surface area contributed by atoms with Gasteiger partial charge in [0.05, 0.1) is 24.7 Å². The summed E-state index contributed by atoms with van der Waals surface area (Å²) in [4.78, 5) is 20.4. The van der Waals surface area contributed by atoms with Crippen LogP contribution in [0.15, 0.2) is 30.6 Å². The monoisotopic (exact) mass is 539 g/mol. The van der Waals surface area contributed by atoms with Gasteiger partial charge in [-0.05, 0) is 45.9 Å². The van der Waals surface area contributed by atoms with Crippen molar-refractivity contribution in [3.05, 3.63) is 41.4 Å². The SMILES string of the molecule is COC(=O)NC(C)(C)Nc1nccc(-c2cn(C(C)C)nc2-c2cc(Cl)cc(NS(C)(=O)=O)c2F)n1. The van der Waals surface area contributed by atoms with Gasteiger partial charge < -0.3 is 10.1 Å². The molecule has 0 saturated carbocycles. The molecule has 0 unspecified atom stereocenters. The Kier molecular flexibility index (Phi) is 7.74. The maximum Gasteiger partial charge on any atom is 0.408 e. The molecule has 2 heterocycles. The van der Waals surface area contributed by atoms with Gasteiger partial charge >= 0.3 is 6.09 Å². The van der Waals surface area contributed by atoms with Gasteiger partial charge in [-0.15, -0.1) is 0 Å². The Morgan fingerprint density at radius 3 is 2.56 bits per heavy atom. The van der Waals surface area contributed by atoms with E-state index in [2.05, 4.69) is 35.2 Å². The number of rotatable bonds is 8. The molecular weight excluding hydrogens is 513 g/mol. The summed E-state index contributed by atoms with van der Waals surface area (Å²) >= 11 is 6.20. The molecule has 0 saturated heterocycles. The normalized spacial score (nSPS) is 11.9. The molecule has 2 aromatic heterocycles. The number of anilines is 2. The second kappa shape index (κ2) is 10.3. The number of carbonyl (C=O) groups is 1. The number of sulfonamides is 1. The third kappa shape index (κ3) is 6.61. The Morgan fingerprint density at radius 2 is 1.94 bits per heavy atom. The topological polar surface area (TPSA) is 140 Å². The minimum absolute atomic E-state index is 0.0103. The molecule has 0 aliphatic heterocycles. The number of amides is 1. The summed E-state index contributed by atoms with van der Waals surface area (Å²) in [6.45, 7) is 7.19. The molecule has 0 radical (unpaired) electrons. The first-order chi connectivity index (χ1) is 16.7. The van der Waals surface area contributed by atoms with Gasteiger partial charge in [0, 0.05) is 34.6 Å². The van der Waals surface area contributed by atoms with Crippen LogP contribution in [0, 0.1) is 5.82 Å². The number of hydrogen-bond donors (Lipinski definition) is 3. The van der Waals surface area contributed by atoms with Crippen molar-refractivity contribution in [1.29, 1.82) is 0 Å². The third-order valence-electron chi connectivity index (χ3n) is 4.80. The molecule has 0 atom stereocenters. The fourth-order valence-electron chi connectivity index (χ4n) is 3.26. The van der Waals surface area contributed by atoms with Crippen LogP contribution in [0.1, 0.15) is 33.7 Å². The van der Waals surface area contributed by atoms with Crippen molar-refractivity contribution in [1.82, 2.24) is 25.1 Å². The molecule has 3 aromatic rings. The number of carbonyl (C=O) groups excluding carboxylic acids is 1. The van der Waals surface area contributed by atoms with Crippen LogP contribution in [0.2, 0.25) is 5.02 Å². The molecule has 194 valence electrons. The summed E-state index contributed by atoms with van der Waals surface area (Å²) in [5.74, 6) is -0.654. The van der Waals surface area contributed by atoms with Crippen LogP contribution < -0.4 is 15.4 Å². The van der Waals surface area contributed by atoms with Crippen molar-refractivity contribution in [3.63, 3.8) is 0 Å². The lowest BCUT2D eigenvalue weighted by atomic mass is 10.0. The van der Waals surface area contributed by atoms with Gasteiger partial charge in [-0.2, -0.15) is 5.10 Å². The zero-order valence-corrected chi connectivity index (χ0v) is 22.1. The van der Waals surface area contributed by atoms with Crippen molar-refractivity contribution >= 4 is 39.4 Å². The van der Waals surface area contributed by atoms with Gasteiger partial charge in [0.1, 0.15) is 11.4 Å². The van der Waals surface area contributed by atoms with E-state index < -0.39 is 27.6 Å². The lowest BCUT2D eigenvalue weighted by molar-refractivity contribution is 0.162. The van der Waals surface area contributed by atoms with E-state index >= 15 is 4.39 Å². The number of alkyl carbamates (subject to hydrolysis) is 1. The van der Waals surface area contributed by atoms with Crippen LogP contribution in [-0.2, 0) is 14.8 Å². The van der Waals surface area contributed by atoms with Gasteiger partial charge in [0.15, 0.2) is 5.82 Å². The number of ether oxygens (including phenoxy) is 1. The predicted molar refractivity (Wildman–Crippen MR) is 136 cm³/mol. The van der Waals surface area contributed by atoms with Crippen LogP contribution >= 0.6 is 11.6 Å². The largest absolute Gasteiger partial charge is 0.453 e. The number of aromatic nitrogens is 4. The summed E-state index contributed by atoms with van der Waals surface area (Å²) in [6.07, 6.45) is 3.48. The van der Waals surface area contributed by atoms with Gasteiger partial charge in [0.25, 0.3) is 0 Å². The minimum atomic E-state index is -3.76. The van der Waals surface area contributed by atoms with Gasteiger partial charge in [0.2, 0.25) is 16.0 Å². The van der Waals surface area contributed by atoms with Crippen molar-refractivity contribution < 1.29 is 22.3 Å². The van der Waals surface area contributed by atoms with Gasteiger partial charge in [-0.25, -0.2) is 27.6 Å². The number of halogens is 2. The zero-order valence-electron chi connectivity index (χ0n) is 20.6. The number of benzene rings is 1. The van der Waals surface area contributed by atoms with Gasteiger partial charge in [-0.3, -0.25) is 14.7 Å². The Balaban J connectivity index is 2.12. The van der Waals surface area contributed by atoms with E-state index in [9.17, 15) is 13.2 Å². The smallest absolute Gasteiger partial charge is 0.408 e. The molecule has 0 fully saturated rings. The Bertz CT molecular complexity index is 1390. The number of nitrogens with one attached hydrogen (secondary N) is 3. The third-order valence-corrected chi connectivity index (χ3v) is 5.61. The van der Waals surface area contributed by atoms with Gasteiger partial charge in [-0.1, -0.05) is 11.6 Å². The van der Waals surface area contributed by atoms with E-state index in [-0.39, 0.29) is 34.0 Å². The second-order valence-electron chi connectivity index (χ2n) is 8.79. The van der Waals surface area contributed by atoms with E-state index in [4.69, 9.17) is 11.6 Å². The van der Waals surface area contributed by atoms with Crippen molar-refractivity contribution in [2.45, 2.75) is 39.4 Å². The zero-order chi connectivity index (χ0) is 26.8. The fraction of sp³-hybridized carbons (Fsp3) is 0.364. The van der Waals surface area contributed by atoms with Crippen molar-refractivity contribution in [2.75, 3.05) is 23.4 Å². The summed E-state index contributed by atoms with van der Waals surface area (Å²) in [7, 11) is -2.51. The number of hydrogen-bond acceptors (Lipinski definition) is 8. The first kappa shape index (κ1) is 27.1. The molecule has 1 aromatic carbocycles. The van der Waals surface area contributed by atoms with E-state index in [0.29, 0.717) is 11.3 Å². The molecule has 0 spiro atoms. The van der Waals surface area contributed by atoms with Crippen LogP contribution in [0.25, 0.3) is 22.5 Å². The quantitative estimate of drug-likeness (QED) is 0.361. The first-order valence-corrected chi connectivity index (χ1v) is 13.0. The molecule has 3 N–H and O–H groups in total. The first-order valence-electron chi connectivity index (χ1n) is 10.7. The lowest BCUT2D eigenvalue weighted by Gasteiger charge is -2.26. The fourth-order valence-corrected chi connectivity index (χ4v) is 4.03. The maximum absolute atomic E-state index is 15.5. The molecule has 3 rings (SSSR count). The van der Waals surface area contributed by atoms with Crippen LogP contribution in [-0.4, -0.2) is 53.3 Å². The van der Waals surface area contributed by atoms with Crippen molar-refractivity contribution in [2.24, 2.45) is 0 Å². The van der Waals surface area contributed by atoms with E-state index in [1.807, 2.05) is 13.8 Å². The molecule has 0 bridgehead atoms. The second-order valence-corrected chi connectivity index (χ2v) is 11.0. The molecule has 14 heteroatoms. The summed E-state index contributed by atoms with van der Waals surface area (Å²) < 4.78 is 47.4. The molecule has 36 heavy (non-hydrogen) atoms. The van der Waals surface area contributed by atoms with E-state index in [0.717, 1.165) is 6.26 Å². The average molecular weight is 540 g/mol. The molecular formula is C22H27ClFN7O4S. The molecule has 11 nitrogen and oxygen atoms in total. The highest BCUT2D eigenvalue weighted by Gasteiger charge is 2.24. The highest BCUT2D eigenvalue weighted by Crippen LogP contribution is 2.37. The summed E-state index contributed by atoms with van der Waals surface area (Å²) in [5.41, 5.74) is -0.201. The predicted octanol–water partition coefficient (Wildman–Crippen LogP) is 4.26. The summed E-state index contributed by atoms with van der Waals surface area (Å²) in [5, 5.41) is 10.3. The molecule has 0 aliphatic carbocycles. The van der Waals surface area contributed by atoms with E-state index in [1.165, 1.54) is 25.4 Å². The van der Waals surface area contributed by atoms with Crippen molar-refractivity contribution in [3.8, 4) is 22.5 Å². The number of methoxy groups -OCH3 is 1. The van der Waals surface area contributed by atoms with Crippen LogP contribution in [0.3, 0.4) is 0 Å². The number of nitrogens with zero attached hydrogens (tertiary/aromatic N) is 4. The average Bonchev–Trinajstić information content (AvgIpc) is 3.20. The van der Waals surface area contributed by atoms with E-state index in [1.54, 1.807) is 30.8 Å². The summed E-state index contributed by atoms with van der Waals surface area (Å²) in [6, 6.07) is 4.10. The molecule has 1 amide bonds. The highest BCUT2D eigenvalue weighted by atomic mass is 35.5. The standard InChI is InChI=1S/C22H27ClFN7O4S/c1-12(2)31-11-15(16-7-8-25-20(26-16)27-22(3,4)28-21(32)35-5)19(29-31)14-9-13(23)10-17(18(14)24)30-36(6,33)34/h7-12,30H,1-6H3,(H,28,32)(H,25,26,27). The molecule has 0 aliphatic rings. The lowest BCUT2D eigenvalue weighted by Crippen LogP contribution is -2.49.